The van der Waals surface area contributed by atoms with Crippen LogP contribution in [0.5, 0.6) is 0 Å². The second-order valence-electron chi connectivity index (χ2n) is 5.46. The van der Waals surface area contributed by atoms with E-state index in [0.29, 0.717) is 29.3 Å². The highest BCUT2D eigenvalue weighted by molar-refractivity contribution is 6.30. The molecule has 4 nitrogen and oxygen atoms in total. The van der Waals surface area contributed by atoms with Crippen LogP contribution < -0.4 is 5.32 Å². The highest BCUT2D eigenvalue weighted by Crippen LogP contribution is 2.48. The van der Waals surface area contributed by atoms with Crippen LogP contribution in [-0.4, -0.2) is 23.8 Å². The van der Waals surface area contributed by atoms with E-state index in [2.05, 4.69) is 5.16 Å². The van der Waals surface area contributed by atoms with E-state index < -0.39 is 24.0 Å². The molecule has 2 aromatic rings. The van der Waals surface area contributed by atoms with E-state index in [1.807, 2.05) is 5.32 Å². The van der Waals surface area contributed by atoms with Gasteiger partial charge in [0.1, 0.15) is 6.54 Å². The molecule has 8 heteroatoms. The van der Waals surface area contributed by atoms with Gasteiger partial charge in [0.25, 0.3) is 0 Å². The minimum atomic E-state index is -4.44. The molecule has 0 bridgehead atoms. The first-order valence-corrected chi connectivity index (χ1v) is 7.26. The lowest BCUT2D eigenvalue weighted by Crippen LogP contribution is -2.40. The van der Waals surface area contributed by atoms with E-state index in [1.165, 1.54) is 0 Å². The summed E-state index contributed by atoms with van der Waals surface area (Å²) in [5, 5.41) is 6.35. The van der Waals surface area contributed by atoms with Crippen LogP contribution in [0.2, 0.25) is 5.02 Å². The van der Waals surface area contributed by atoms with Crippen LogP contribution in [0.15, 0.2) is 34.9 Å². The average molecular weight is 345 g/mol. The van der Waals surface area contributed by atoms with Crippen molar-refractivity contribution >= 4 is 17.5 Å². The number of halogens is 4. The molecule has 0 unspecified atom stereocenters. The van der Waals surface area contributed by atoms with E-state index in [9.17, 15) is 18.0 Å². The molecule has 0 radical (unpaired) electrons. The molecule has 0 saturated heterocycles. The van der Waals surface area contributed by atoms with Gasteiger partial charge in [-0.15, -0.1) is 0 Å². The zero-order chi connectivity index (χ0) is 16.7. The Morgan fingerprint density at radius 2 is 1.96 bits per heavy atom. The predicted molar refractivity (Wildman–Crippen MR) is 76.9 cm³/mol. The van der Waals surface area contributed by atoms with Crippen LogP contribution >= 0.6 is 11.6 Å². The number of carbonyl (C=O) groups excluding carboxylic acids is 1. The number of amides is 1. The summed E-state index contributed by atoms with van der Waals surface area (Å²) in [6, 6.07) is 8.42. The number of rotatable bonds is 4. The summed E-state index contributed by atoms with van der Waals surface area (Å²) in [4.78, 5) is 12.1. The van der Waals surface area contributed by atoms with Crippen LogP contribution in [0.3, 0.4) is 0 Å². The first-order chi connectivity index (χ1) is 10.8. The summed E-state index contributed by atoms with van der Waals surface area (Å²) in [7, 11) is 0. The van der Waals surface area contributed by atoms with Crippen molar-refractivity contribution in [3.63, 3.8) is 0 Å². The maximum absolute atomic E-state index is 12.2. The Hall–Kier alpha value is -2.02. The van der Waals surface area contributed by atoms with Crippen molar-refractivity contribution < 1.29 is 22.5 Å². The number of alkyl halides is 3. The van der Waals surface area contributed by atoms with E-state index in [0.717, 1.165) is 5.56 Å². The Morgan fingerprint density at radius 1 is 1.30 bits per heavy atom. The molecular weight excluding hydrogens is 333 g/mol. The fraction of sp³-hybridized carbons (Fsp3) is 0.333. The minimum Gasteiger partial charge on any atom is -0.356 e. The zero-order valence-corrected chi connectivity index (χ0v) is 12.5. The molecular formula is C15H12ClF3N2O2. The second-order valence-corrected chi connectivity index (χ2v) is 5.90. The number of nitrogens with one attached hydrogen (secondary N) is 1. The third kappa shape index (κ3) is 3.34. The molecule has 122 valence electrons. The number of benzene rings is 1. The fourth-order valence-electron chi connectivity index (χ4n) is 2.33. The molecule has 3 rings (SSSR count). The van der Waals surface area contributed by atoms with Crippen LogP contribution in [-0.2, 0) is 10.2 Å². The van der Waals surface area contributed by atoms with Crippen molar-refractivity contribution in [3.05, 3.63) is 41.0 Å². The lowest BCUT2D eigenvalue weighted by atomic mass is 10.0. The molecule has 1 aliphatic carbocycles. The summed E-state index contributed by atoms with van der Waals surface area (Å²) >= 11 is 5.81. The Labute approximate surface area is 134 Å². The summed E-state index contributed by atoms with van der Waals surface area (Å²) in [5.74, 6) is -0.239. The average Bonchev–Trinajstić information content (AvgIpc) is 3.16. The molecule has 0 spiro atoms. The Bertz CT molecular complexity index is 721. The lowest BCUT2D eigenvalue weighted by Gasteiger charge is -2.13. The van der Waals surface area contributed by atoms with E-state index >= 15 is 0 Å². The van der Waals surface area contributed by atoms with Gasteiger partial charge in [0, 0.05) is 16.7 Å². The molecule has 1 aromatic carbocycles. The monoisotopic (exact) mass is 344 g/mol. The molecule has 1 N–H and O–H groups in total. The van der Waals surface area contributed by atoms with Gasteiger partial charge < -0.3 is 9.84 Å². The predicted octanol–water partition coefficient (Wildman–Crippen LogP) is 3.71. The molecule has 1 heterocycles. The van der Waals surface area contributed by atoms with Crippen LogP contribution in [0.4, 0.5) is 13.2 Å². The van der Waals surface area contributed by atoms with Crippen molar-refractivity contribution in [1.29, 1.82) is 0 Å². The zero-order valence-electron chi connectivity index (χ0n) is 11.8. The van der Waals surface area contributed by atoms with Gasteiger partial charge in [-0.2, -0.15) is 13.2 Å². The highest BCUT2D eigenvalue weighted by Gasteiger charge is 2.54. The lowest BCUT2D eigenvalue weighted by molar-refractivity contribution is -0.140. The van der Waals surface area contributed by atoms with Crippen molar-refractivity contribution in [3.8, 4) is 11.3 Å². The third-order valence-electron chi connectivity index (χ3n) is 3.76. The van der Waals surface area contributed by atoms with Gasteiger partial charge in [-0.3, -0.25) is 4.79 Å². The van der Waals surface area contributed by atoms with Gasteiger partial charge in [-0.25, -0.2) is 0 Å². The number of aromatic nitrogens is 1. The molecule has 1 aromatic heterocycles. The smallest absolute Gasteiger partial charge is 0.356 e. The van der Waals surface area contributed by atoms with Gasteiger partial charge >= 0.3 is 6.18 Å². The molecule has 1 saturated carbocycles. The van der Waals surface area contributed by atoms with Gasteiger partial charge in [0.15, 0.2) is 5.76 Å². The van der Waals surface area contributed by atoms with Gasteiger partial charge in [-0.05, 0) is 37.1 Å². The molecule has 23 heavy (non-hydrogen) atoms. The number of hydrogen-bond donors (Lipinski definition) is 1. The third-order valence-corrected chi connectivity index (χ3v) is 4.02. The maximum Gasteiger partial charge on any atom is 0.405 e. The van der Waals surface area contributed by atoms with Gasteiger partial charge in [0.2, 0.25) is 5.91 Å². The summed E-state index contributed by atoms with van der Waals surface area (Å²) in [6.07, 6.45) is -3.55. The maximum atomic E-state index is 12.2. The van der Waals surface area contributed by atoms with E-state index in [4.69, 9.17) is 16.1 Å². The normalized spacial score (nSPS) is 16.2. The molecule has 1 amide bonds. The summed E-state index contributed by atoms with van der Waals surface area (Å²) in [6.45, 7) is -1.35. The quantitative estimate of drug-likeness (QED) is 0.920. The Morgan fingerprint density at radius 3 is 2.52 bits per heavy atom. The molecule has 0 aliphatic heterocycles. The molecule has 1 fully saturated rings. The van der Waals surface area contributed by atoms with Crippen LogP contribution in [0, 0.1) is 0 Å². The number of carbonyl (C=O) groups is 1. The van der Waals surface area contributed by atoms with Crippen molar-refractivity contribution in [2.24, 2.45) is 0 Å². The number of hydrogen-bond acceptors (Lipinski definition) is 3. The van der Waals surface area contributed by atoms with Gasteiger partial charge in [0.05, 0.1) is 11.1 Å². The first-order valence-electron chi connectivity index (χ1n) is 6.88. The molecule has 1 aliphatic rings. The summed E-state index contributed by atoms with van der Waals surface area (Å²) in [5.41, 5.74) is 0.0566. The Balaban J connectivity index is 1.77. The van der Waals surface area contributed by atoms with Crippen molar-refractivity contribution in [1.82, 2.24) is 10.5 Å². The van der Waals surface area contributed by atoms with Crippen LogP contribution in [0.1, 0.15) is 18.5 Å². The summed E-state index contributed by atoms with van der Waals surface area (Å²) < 4.78 is 41.9. The minimum absolute atomic E-state index is 0.349. The second kappa shape index (κ2) is 5.56. The largest absolute Gasteiger partial charge is 0.405 e. The SMILES string of the molecule is O=C(NCC(F)(F)F)C1(c2cc(-c3ccc(Cl)cc3)on2)CC1. The fourth-order valence-corrected chi connectivity index (χ4v) is 2.45. The van der Waals surface area contributed by atoms with Crippen LogP contribution in [0.25, 0.3) is 11.3 Å². The highest BCUT2D eigenvalue weighted by atomic mass is 35.5. The van der Waals surface area contributed by atoms with Crippen molar-refractivity contribution in [2.75, 3.05) is 6.54 Å². The molecule has 0 atom stereocenters. The Kier molecular flexibility index (Phi) is 3.83. The van der Waals surface area contributed by atoms with E-state index in [1.54, 1.807) is 30.3 Å². The standard InChI is InChI=1S/C15H12ClF3N2O2/c16-10-3-1-9(2-4-10)11-7-12(21-23-11)14(5-6-14)13(22)20-8-15(17,18)19/h1-4,7H,5-6,8H2,(H,20,22). The van der Waals surface area contributed by atoms with E-state index in [-0.39, 0.29) is 0 Å². The number of nitrogens with zero attached hydrogens (tertiary/aromatic N) is 1. The topological polar surface area (TPSA) is 55.1 Å². The first kappa shape index (κ1) is 15.9. The van der Waals surface area contributed by atoms with Crippen molar-refractivity contribution in [2.45, 2.75) is 24.4 Å². The van der Waals surface area contributed by atoms with Gasteiger partial charge in [-0.1, -0.05) is 16.8 Å².